The summed E-state index contributed by atoms with van der Waals surface area (Å²) in [6.45, 7) is 5.44. The minimum atomic E-state index is -0.232. The Morgan fingerprint density at radius 3 is 2.74 bits per heavy atom. The number of hydrogen-bond acceptors (Lipinski definition) is 4. The summed E-state index contributed by atoms with van der Waals surface area (Å²) in [4.78, 5) is 16.8. The Balaban J connectivity index is 1.85. The molecule has 5 nitrogen and oxygen atoms in total. The molecule has 2 fully saturated rings. The summed E-state index contributed by atoms with van der Waals surface area (Å²) in [5, 5.41) is 3.53. The fourth-order valence-electron chi connectivity index (χ4n) is 3.26. The van der Waals surface area contributed by atoms with Crippen molar-refractivity contribution in [3.05, 3.63) is 0 Å². The van der Waals surface area contributed by atoms with E-state index in [0.717, 1.165) is 39.1 Å². The van der Waals surface area contributed by atoms with Crippen LogP contribution in [-0.2, 0) is 9.53 Å². The fraction of sp³-hybridized carbons (Fsp3) is 0.929. The molecule has 0 aromatic rings. The van der Waals surface area contributed by atoms with Crippen LogP contribution in [0.4, 0.5) is 0 Å². The summed E-state index contributed by atoms with van der Waals surface area (Å²) in [6.07, 6.45) is 4.53. The SMILES string of the molecule is COCCN(C)CCN1C(=O)C2(CCCC2)NC1C. The first kappa shape index (κ1) is 14.8. The minimum Gasteiger partial charge on any atom is -0.383 e. The molecule has 1 unspecified atom stereocenters. The fourth-order valence-corrected chi connectivity index (χ4v) is 3.26. The molecule has 19 heavy (non-hydrogen) atoms. The summed E-state index contributed by atoms with van der Waals surface area (Å²) >= 11 is 0. The van der Waals surface area contributed by atoms with Gasteiger partial charge in [0.25, 0.3) is 0 Å². The van der Waals surface area contributed by atoms with E-state index >= 15 is 0 Å². The standard InChI is InChI=1S/C14H27N3O2/c1-12-15-14(6-4-5-7-14)13(18)17(12)9-8-16(2)10-11-19-3/h12,15H,4-11H2,1-3H3. The van der Waals surface area contributed by atoms with Gasteiger partial charge >= 0.3 is 0 Å². The molecule has 0 aromatic heterocycles. The number of amides is 1. The van der Waals surface area contributed by atoms with Gasteiger partial charge < -0.3 is 14.5 Å². The van der Waals surface area contributed by atoms with Gasteiger partial charge in [0, 0.05) is 26.7 Å². The molecule has 2 rings (SSSR count). The smallest absolute Gasteiger partial charge is 0.244 e. The second-order valence-corrected chi connectivity index (χ2v) is 5.90. The van der Waals surface area contributed by atoms with Crippen LogP contribution in [0.3, 0.4) is 0 Å². The molecule has 1 atom stereocenters. The zero-order valence-corrected chi connectivity index (χ0v) is 12.4. The molecule has 0 aromatic carbocycles. The molecule has 5 heteroatoms. The van der Waals surface area contributed by atoms with Crippen molar-refractivity contribution in [2.24, 2.45) is 0 Å². The average Bonchev–Trinajstić information content (AvgIpc) is 2.93. The van der Waals surface area contributed by atoms with Crippen molar-refractivity contribution in [2.75, 3.05) is 40.4 Å². The molecule has 1 N–H and O–H groups in total. The summed E-state index contributed by atoms with van der Waals surface area (Å²) in [5.41, 5.74) is -0.232. The maximum Gasteiger partial charge on any atom is 0.244 e. The molecule has 1 aliphatic carbocycles. The van der Waals surface area contributed by atoms with Gasteiger partial charge in [-0.15, -0.1) is 0 Å². The predicted molar refractivity (Wildman–Crippen MR) is 74.9 cm³/mol. The molecular weight excluding hydrogens is 242 g/mol. The van der Waals surface area contributed by atoms with E-state index in [1.54, 1.807) is 7.11 Å². The number of carbonyl (C=O) groups is 1. The van der Waals surface area contributed by atoms with Gasteiger partial charge in [-0.25, -0.2) is 0 Å². The van der Waals surface area contributed by atoms with Crippen molar-refractivity contribution >= 4 is 5.91 Å². The molecule has 0 bridgehead atoms. The number of nitrogens with zero attached hydrogens (tertiary/aromatic N) is 2. The summed E-state index contributed by atoms with van der Waals surface area (Å²) in [7, 11) is 3.79. The third-order valence-corrected chi connectivity index (χ3v) is 4.48. The first-order chi connectivity index (χ1) is 9.09. The molecule has 110 valence electrons. The highest BCUT2D eigenvalue weighted by molar-refractivity contribution is 5.89. The third kappa shape index (κ3) is 3.09. The second kappa shape index (κ2) is 6.20. The van der Waals surface area contributed by atoms with Crippen molar-refractivity contribution in [2.45, 2.75) is 44.3 Å². The van der Waals surface area contributed by atoms with Gasteiger partial charge in [-0.05, 0) is 26.8 Å². The Hall–Kier alpha value is -0.650. The Morgan fingerprint density at radius 1 is 1.42 bits per heavy atom. The van der Waals surface area contributed by atoms with Crippen molar-refractivity contribution in [3.8, 4) is 0 Å². The van der Waals surface area contributed by atoms with Crippen molar-refractivity contribution < 1.29 is 9.53 Å². The normalized spacial score (nSPS) is 26.0. The third-order valence-electron chi connectivity index (χ3n) is 4.48. The largest absolute Gasteiger partial charge is 0.383 e. The number of hydrogen-bond donors (Lipinski definition) is 1. The van der Waals surface area contributed by atoms with Crippen LogP contribution in [0.25, 0.3) is 0 Å². The Labute approximate surface area is 116 Å². The van der Waals surface area contributed by atoms with E-state index in [1.807, 2.05) is 4.90 Å². The molecule has 1 saturated carbocycles. The van der Waals surface area contributed by atoms with Gasteiger partial charge in [0.1, 0.15) is 0 Å². The van der Waals surface area contributed by atoms with Crippen molar-refractivity contribution in [3.63, 3.8) is 0 Å². The Bertz CT molecular complexity index is 316. The van der Waals surface area contributed by atoms with Crippen LogP contribution in [0, 0.1) is 0 Å². The van der Waals surface area contributed by atoms with Crippen LogP contribution in [-0.4, -0.2) is 67.8 Å². The highest BCUT2D eigenvalue weighted by atomic mass is 16.5. The predicted octanol–water partition coefficient (Wildman–Crippen LogP) is 0.655. The van der Waals surface area contributed by atoms with Crippen LogP contribution >= 0.6 is 0 Å². The Kier molecular flexibility index (Phi) is 4.81. The van der Waals surface area contributed by atoms with E-state index in [-0.39, 0.29) is 11.7 Å². The number of carbonyl (C=O) groups excluding carboxylic acids is 1. The monoisotopic (exact) mass is 269 g/mol. The van der Waals surface area contributed by atoms with Crippen LogP contribution < -0.4 is 5.32 Å². The molecule has 1 heterocycles. The molecule has 1 saturated heterocycles. The topological polar surface area (TPSA) is 44.8 Å². The van der Waals surface area contributed by atoms with Gasteiger partial charge in [0.15, 0.2) is 0 Å². The van der Waals surface area contributed by atoms with E-state index in [2.05, 4.69) is 24.2 Å². The highest BCUT2D eigenvalue weighted by Gasteiger charge is 2.50. The minimum absolute atomic E-state index is 0.168. The van der Waals surface area contributed by atoms with Gasteiger partial charge in [0.2, 0.25) is 5.91 Å². The van der Waals surface area contributed by atoms with Gasteiger partial charge in [0.05, 0.1) is 18.3 Å². The lowest BCUT2D eigenvalue weighted by atomic mass is 9.98. The van der Waals surface area contributed by atoms with Crippen LogP contribution in [0.15, 0.2) is 0 Å². The number of nitrogens with one attached hydrogen (secondary N) is 1. The van der Waals surface area contributed by atoms with E-state index < -0.39 is 0 Å². The van der Waals surface area contributed by atoms with Gasteiger partial charge in [-0.1, -0.05) is 12.8 Å². The van der Waals surface area contributed by atoms with E-state index in [9.17, 15) is 4.79 Å². The zero-order valence-electron chi connectivity index (χ0n) is 12.4. The number of likely N-dealkylation sites (N-methyl/N-ethyl adjacent to an activating group) is 1. The van der Waals surface area contributed by atoms with Crippen LogP contribution in [0.5, 0.6) is 0 Å². The van der Waals surface area contributed by atoms with Gasteiger partial charge in [-0.3, -0.25) is 10.1 Å². The summed E-state index contributed by atoms with van der Waals surface area (Å²) in [6, 6.07) is 0. The molecule has 1 spiro atoms. The molecular formula is C14H27N3O2. The van der Waals surface area contributed by atoms with E-state index in [1.165, 1.54) is 12.8 Å². The maximum absolute atomic E-state index is 12.6. The molecule has 2 aliphatic rings. The zero-order chi connectivity index (χ0) is 13.9. The summed E-state index contributed by atoms with van der Waals surface area (Å²) < 4.78 is 5.07. The number of ether oxygens (including phenoxy) is 1. The van der Waals surface area contributed by atoms with Crippen molar-refractivity contribution in [1.29, 1.82) is 0 Å². The number of rotatable bonds is 6. The lowest BCUT2D eigenvalue weighted by Crippen LogP contribution is -2.44. The molecule has 1 aliphatic heterocycles. The number of methoxy groups -OCH3 is 1. The van der Waals surface area contributed by atoms with E-state index in [0.29, 0.717) is 5.91 Å². The molecule has 1 amide bonds. The Morgan fingerprint density at radius 2 is 2.11 bits per heavy atom. The average molecular weight is 269 g/mol. The molecule has 0 radical (unpaired) electrons. The van der Waals surface area contributed by atoms with Crippen molar-refractivity contribution in [1.82, 2.24) is 15.1 Å². The van der Waals surface area contributed by atoms with Crippen LogP contribution in [0.2, 0.25) is 0 Å². The van der Waals surface area contributed by atoms with E-state index in [4.69, 9.17) is 4.74 Å². The lowest BCUT2D eigenvalue weighted by molar-refractivity contribution is -0.133. The van der Waals surface area contributed by atoms with Crippen LogP contribution in [0.1, 0.15) is 32.6 Å². The first-order valence-electron chi connectivity index (χ1n) is 7.35. The highest BCUT2D eigenvalue weighted by Crippen LogP contribution is 2.36. The maximum atomic E-state index is 12.6. The second-order valence-electron chi connectivity index (χ2n) is 5.90. The quantitative estimate of drug-likeness (QED) is 0.769. The van der Waals surface area contributed by atoms with Gasteiger partial charge in [-0.2, -0.15) is 0 Å². The first-order valence-corrected chi connectivity index (χ1v) is 7.35. The lowest BCUT2D eigenvalue weighted by Gasteiger charge is -2.25. The summed E-state index contributed by atoms with van der Waals surface area (Å²) in [5.74, 6) is 0.317.